The SMILES string of the molecule is O=C(NCCC(c1ccccc1)c1ccccc1)c1ccc(CSc2nc3ccccc3o2)o1. The van der Waals surface area contributed by atoms with E-state index in [1.165, 1.54) is 22.9 Å². The molecule has 0 fully saturated rings. The van der Waals surface area contributed by atoms with Gasteiger partial charge in [-0.2, -0.15) is 0 Å². The first kappa shape index (κ1) is 22.0. The van der Waals surface area contributed by atoms with Crippen LogP contribution in [0.25, 0.3) is 11.1 Å². The van der Waals surface area contributed by atoms with Crippen LogP contribution in [0.5, 0.6) is 0 Å². The molecule has 0 atom stereocenters. The number of hydrogen-bond donors (Lipinski definition) is 1. The number of benzene rings is 3. The number of para-hydroxylation sites is 2. The van der Waals surface area contributed by atoms with Gasteiger partial charge in [-0.25, -0.2) is 4.98 Å². The summed E-state index contributed by atoms with van der Waals surface area (Å²) in [5.74, 6) is 1.54. The van der Waals surface area contributed by atoms with Crippen molar-refractivity contribution in [2.45, 2.75) is 23.3 Å². The summed E-state index contributed by atoms with van der Waals surface area (Å²) in [4.78, 5) is 17.1. The zero-order chi connectivity index (χ0) is 23.2. The summed E-state index contributed by atoms with van der Waals surface area (Å²) in [6, 6.07) is 31.9. The number of oxazole rings is 1. The van der Waals surface area contributed by atoms with Gasteiger partial charge in [0.15, 0.2) is 11.3 Å². The van der Waals surface area contributed by atoms with Crippen molar-refractivity contribution in [1.82, 2.24) is 10.3 Å². The quantitative estimate of drug-likeness (QED) is 0.245. The third kappa shape index (κ3) is 5.24. The number of rotatable bonds is 9. The van der Waals surface area contributed by atoms with Crippen LogP contribution in [-0.2, 0) is 5.75 Å². The van der Waals surface area contributed by atoms with E-state index < -0.39 is 0 Å². The Hall–Kier alpha value is -3.77. The second-order valence-corrected chi connectivity index (χ2v) is 8.85. The van der Waals surface area contributed by atoms with E-state index in [0.29, 0.717) is 29.0 Å². The molecule has 0 bridgehead atoms. The van der Waals surface area contributed by atoms with E-state index in [1.54, 1.807) is 6.07 Å². The van der Waals surface area contributed by atoms with Crippen molar-refractivity contribution >= 4 is 28.8 Å². The highest BCUT2D eigenvalue weighted by molar-refractivity contribution is 7.98. The van der Waals surface area contributed by atoms with Crippen molar-refractivity contribution in [2.24, 2.45) is 0 Å². The minimum atomic E-state index is -0.210. The van der Waals surface area contributed by atoms with Crippen LogP contribution in [0.15, 0.2) is 111 Å². The smallest absolute Gasteiger partial charge is 0.286 e. The molecule has 170 valence electrons. The Balaban J connectivity index is 1.17. The van der Waals surface area contributed by atoms with Crippen molar-refractivity contribution in [3.05, 3.63) is 120 Å². The van der Waals surface area contributed by atoms with Gasteiger partial charge < -0.3 is 14.2 Å². The number of thioether (sulfide) groups is 1. The van der Waals surface area contributed by atoms with Gasteiger partial charge in [-0.3, -0.25) is 4.79 Å². The second-order valence-electron chi connectivity index (χ2n) is 7.92. The maximum atomic E-state index is 12.7. The minimum Gasteiger partial charge on any atom is -0.455 e. The van der Waals surface area contributed by atoms with E-state index in [0.717, 1.165) is 17.5 Å². The maximum Gasteiger partial charge on any atom is 0.286 e. The molecule has 3 aromatic carbocycles. The van der Waals surface area contributed by atoms with Crippen LogP contribution >= 0.6 is 11.8 Å². The highest BCUT2D eigenvalue weighted by Crippen LogP contribution is 2.28. The Labute approximate surface area is 202 Å². The van der Waals surface area contributed by atoms with Gasteiger partial charge in [0.05, 0.1) is 5.75 Å². The Morgan fingerprint density at radius 2 is 1.50 bits per heavy atom. The zero-order valence-corrected chi connectivity index (χ0v) is 19.3. The van der Waals surface area contributed by atoms with Gasteiger partial charge >= 0.3 is 0 Å². The average Bonchev–Trinajstić information content (AvgIpc) is 3.53. The van der Waals surface area contributed by atoms with Gasteiger partial charge in [-0.1, -0.05) is 84.6 Å². The monoisotopic (exact) mass is 468 g/mol. The summed E-state index contributed by atoms with van der Waals surface area (Å²) in [7, 11) is 0. The normalized spacial score (nSPS) is 11.2. The number of carbonyl (C=O) groups is 1. The summed E-state index contributed by atoms with van der Waals surface area (Å²) >= 11 is 1.44. The molecule has 0 spiro atoms. The summed E-state index contributed by atoms with van der Waals surface area (Å²) in [6.45, 7) is 0.543. The predicted molar refractivity (Wildman–Crippen MR) is 134 cm³/mol. The summed E-state index contributed by atoms with van der Waals surface area (Å²) in [5.41, 5.74) is 4.06. The number of carbonyl (C=O) groups excluding carboxylic acids is 1. The van der Waals surface area contributed by atoms with E-state index in [2.05, 4.69) is 34.6 Å². The van der Waals surface area contributed by atoms with Crippen LogP contribution < -0.4 is 5.32 Å². The maximum absolute atomic E-state index is 12.7. The molecule has 2 heterocycles. The van der Waals surface area contributed by atoms with Gasteiger partial charge in [0.25, 0.3) is 11.1 Å². The third-order valence-corrected chi connectivity index (χ3v) is 6.47. The van der Waals surface area contributed by atoms with Crippen LogP contribution in [0.3, 0.4) is 0 Å². The lowest BCUT2D eigenvalue weighted by Crippen LogP contribution is -2.25. The average molecular weight is 469 g/mol. The number of furan rings is 1. The van der Waals surface area contributed by atoms with Gasteiger partial charge in [0.2, 0.25) is 0 Å². The van der Waals surface area contributed by atoms with Gasteiger partial charge in [0.1, 0.15) is 11.3 Å². The number of fused-ring (bicyclic) bond motifs is 1. The lowest BCUT2D eigenvalue weighted by molar-refractivity contribution is 0.0923. The Morgan fingerprint density at radius 3 is 2.21 bits per heavy atom. The van der Waals surface area contributed by atoms with Crippen molar-refractivity contribution in [2.75, 3.05) is 6.54 Å². The van der Waals surface area contributed by atoms with Gasteiger partial charge in [-0.05, 0) is 41.8 Å². The van der Waals surface area contributed by atoms with E-state index in [4.69, 9.17) is 8.83 Å². The molecule has 34 heavy (non-hydrogen) atoms. The Kier molecular flexibility index (Phi) is 6.77. The molecule has 5 aromatic rings. The molecular formula is C28H24N2O3S. The fourth-order valence-electron chi connectivity index (χ4n) is 3.94. The number of amides is 1. The van der Waals surface area contributed by atoms with E-state index in [1.807, 2.05) is 66.7 Å². The molecule has 0 saturated heterocycles. The zero-order valence-electron chi connectivity index (χ0n) is 18.5. The third-order valence-electron chi connectivity index (χ3n) is 5.62. The molecule has 0 radical (unpaired) electrons. The van der Waals surface area contributed by atoms with Gasteiger partial charge in [0, 0.05) is 12.5 Å². The lowest BCUT2D eigenvalue weighted by atomic mass is 9.88. The molecular weight excluding hydrogens is 444 g/mol. The van der Waals surface area contributed by atoms with Gasteiger partial charge in [-0.15, -0.1) is 0 Å². The number of nitrogens with zero attached hydrogens (tertiary/aromatic N) is 1. The Morgan fingerprint density at radius 1 is 0.824 bits per heavy atom. The molecule has 1 N–H and O–H groups in total. The highest BCUT2D eigenvalue weighted by atomic mass is 32.2. The standard InChI is InChI=1S/C28H24N2O3S/c31-27(29-18-17-23(20-9-3-1-4-10-20)21-11-5-2-6-12-21)26-16-15-22(32-26)19-34-28-30-24-13-7-8-14-25(24)33-28/h1-16,23H,17-19H2,(H,29,31). The van der Waals surface area contributed by atoms with Crippen LogP contribution in [-0.4, -0.2) is 17.4 Å². The summed E-state index contributed by atoms with van der Waals surface area (Å²) in [5, 5.41) is 3.58. The molecule has 0 unspecified atom stereocenters. The van der Waals surface area contributed by atoms with Crippen molar-refractivity contribution in [3.8, 4) is 0 Å². The van der Waals surface area contributed by atoms with E-state index in [-0.39, 0.29) is 11.8 Å². The molecule has 0 aliphatic rings. The van der Waals surface area contributed by atoms with Crippen molar-refractivity contribution in [3.63, 3.8) is 0 Å². The first-order chi connectivity index (χ1) is 16.8. The molecule has 5 nitrogen and oxygen atoms in total. The fraction of sp³-hybridized carbons (Fsp3) is 0.143. The Bertz CT molecular complexity index is 1290. The number of aromatic nitrogens is 1. The molecule has 0 saturated carbocycles. The lowest BCUT2D eigenvalue weighted by Gasteiger charge is -2.18. The molecule has 5 rings (SSSR count). The molecule has 1 amide bonds. The van der Waals surface area contributed by atoms with Crippen molar-refractivity contribution in [1.29, 1.82) is 0 Å². The second kappa shape index (κ2) is 10.4. The molecule has 0 aliphatic carbocycles. The molecule has 6 heteroatoms. The van der Waals surface area contributed by atoms with Crippen LogP contribution in [0, 0.1) is 0 Å². The summed E-state index contributed by atoms with van der Waals surface area (Å²) in [6.07, 6.45) is 0.793. The van der Waals surface area contributed by atoms with E-state index >= 15 is 0 Å². The van der Waals surface area contributed by atoms with Crippen molar-refractivity contribution < 1.29 is 13.6 Å². The van der Waals surface area contributed by atoms with Crippen LogP contribution in [0.1, 0.15) is 39.8 Å². The topological polar surface area (TPSA) is 68.3 Å². The molecule has 2 aromatic heterocycles. The largest absolute Gasteiger partial charge is 0.455 e. The number of hydrogen-bond acceptors (Lipinski definition) is 5. The van der Waals surface area contributed by atoms with E-state index in [9.17, 15) is 4.79 Å². The number of nitrogens with one attached hydrogen (secondary N) is 1. The van der Waals surface area contributed by atoms with Crippen LogP contribution in [0.4, 0.5) is 0 Å². The highest BCUT2D eigenvalue weighted by Gasteiger charge is 2.16. The first-order valence-corrected chi connectivity index (χ1v) is 12.2. The first-order valence-electron chi connectivity index (χ1n) is 11.2. The fourth-order valence-corrected chi connectivity index (χ4v) is 4.67. The predicted octanol–water partition coefficient (Wildman–Crippen LogP) is 6.67. The van der Waals surface area contributed by atoms with Crippen LogP contribution in [0.2, 0.25) is 0 Å². The minimum absolute atomic E-state index is 0.210. The summed E-state index contributed by atoms with van der Waals surface area (Å²) < 4.78 is 11.5. The molecule has 0 aliphatic heterocycles.